The monoisotopic (exact) mass is 1620 g/mol. The van der Waals surface area contributed by atoms with E-state index >= 15 is 0 Å². The molecule has 0 aliphatic rings. The number of nitrogens with two attached hydrogens (primary N) is 4. The Labute approximate surface area is 675 Å². The Morgan fingerprint density at radius 1 is 0.454 bits per heavy atom. The van der Waals surface area contributed by atoms with Crippen molar-refractivity contribution in [3.63, 3.8) is 0 Å². The molecule has 15 rings (SSSR count). The molecule has 8 amide bonds. The molecule has 614 valence electrons. The number of aliphatic hydroxyl groups excluding tert-OH is 1. The number of anilines is 4. The number of amides is 8. The summed E-state index contributed by atoms with van der Waals surface area (Å²) in [5, 5.41) is 36.0. The van der Waals surface area contributed by atoms with Gasteiger partial charge in [-0.3, -0.25) is 73.7 Å². The summed E-state index contributed by atoms with van der Waals surface area (Å²) >= 11 is 0. The Morgan fingerprint density at radius 3 is 1.18 bits per heavy atom. The molecule has 0 aliphatic heterocycles. The standard InChI is InChI=1S/C41H45FN12O7.C41H41N11O6/c1-5-10-53-30(16-22(2)49-53)38(58)47-40-46-29-21-27(37(44)57)35-26(18-24(4)61-35)33(29)51(40)11-6-7-12-52-34-28(19-25(36(43)56)20-32(34)60-15-8-14-55)45-41(52)48-39(59)31-17-23(3)50-54(31)13-9-42;1-7-49-19-20(3)13-30(49)38(55)46-40-44-28-17-26(36(42)53)34-24(15-22(5)57-34)32(28)50(40)11-9-10-12-51-33-25-16-23(6)58-35(25)27(37(43)54)18-29(33)45-41(51)47-39(56)31-14-21(4)48-52(31)8-2/h6-7,16-21,55H,5,8-15H2,1-4H3,(H2,43,56)(H2,44,57)(H,45,48,59)(H,46,47,58);9-10,13-19H,7-8,11-12H2,1-6H3,(H2,42,53)(H2,43,54)(H,44,46,55)(H,45,47,56)/b7-6+;10-9+. The van der Waals surface area contributed by atoms with Crippen molar-refractivity contribution in [2.24, 2.45) is 22.9 Å². The first-order chi connectivity index (χ1) is 57.1. The number of aromatic nitrogens is 15. The maximum Gasteiger partial charge on any atom is 0.276 e. The van der Waals surface area contributed by atoms with Crippen LogP contribution in [-0.4, -0.2) is 144 Å². The van der Waals surface area contributed by atoms with Crippen LogP contribution in [0.4, 0.5) is 28.2 Å². The molecule has 0 radical (unpaired) electrons. The number of benzene rings is 4. The number of halogens is 1. The highest BCUT2D eigenvalue weighted by Gasteiger charge is 2.30. The molecule has 4 aromatic carbocycles. The van der Waals surface area contributed by atoms with E-state index in [1.165, 1.54) is 28.9 Å². The van der Waals surface area contributed by atoms with Gasteiger partial charge in [0.25, 0.3) is 41.4 Å². The predicted molar refractivity (Wildman–Crippen MR) is 441 cm³/mol. The van der Waals surface area contributed by atoms with Crippen LogP contribution in [0.25, 0.3) is 77.0 Å². The average Bonchev–Trinajstić information content (AvgIpc) is 1.60. The minimum absolute atomic E-state index is 0.0681. The summed E-state index contributed by atoms with van der Waals surface area (Å²) < 4.78 is 50.7. The van der Waals surface area contributed by atoms with Gasteiger partial charge in [-0.05, 0) is 147 Å². The maximum absolute atomic E-state index is 13.8. The van der Waals surface area contributed by atoms with E-state index in [1.807, 2.05) is 78.8 Å². The zero-order valence-corrected chi connectivity index (χ0v) is 66.7. The van der Waals surface area contributed by atoms with Crippen molar-refractivity contribution in [1.29, 1.82) is 0 Å². The lowest BCUT2D eigenvalue weighted by Gasteiger charge is -2.13. The number of carbonyl (C=O) groups excluding carboxylic acids is 8. The minimum Gasteiger partial charge on any atom is -0.491 e. The second-order valence-corrected chi connectivity index (χ2v) is 28.5. The summed E-state index contributed by atoms with van der Waals surface area (Å²) in [6.07, 6.45) is 10.3. The summed E-state index contributed by atoms with van der Waals surface area (Å²) in [4.78, 5) is 124. The number of carbonyl (C=O) groups is 8. The molecule has 11 aromatic heterocycles. The van der Waals surface area contributed by atoms with Gasteiger partial charge < -0.3 is 68.9 Å². The molecule has 0 spiro atoms. The first kappa shape index (κ1) is 80.8. The van der Waals surface area contributed by atoms with Crippen LogP contribution in [0.1, 0.15) is 157 Å². The van der Waals surface area contributed by atoms with Gasteiger partial charge in [0.05, 0.1) is 85.5 Å². The van der Waals surface area contributed by atoms with Crippen molar-refractivity contribution >= 4 is 148 Å². The zero-order valence-electron chi connectivity index (χ0n) is 66.7. The number of aliphatic hydroxyl groups is 1. The number of imidazole rings is 4. The third-order valence-electron chi connectivity index (χ3n) is 19.8. The molecular formula is C82H86FN23O13. The highest BCUT2D eigenvalue weighted by molar-refractivity contribution is 6.18. The first-order valence-electron chi connectivity index (χ1n) is 38.3. The molecule has 0 saturated heterocycles. The van der Waals surface area contributed by atoms with Crippen molar-refractivity contribution in [1.82, 2.24) is 72.1 Å². The molecule has 119 heavy (non-hydrogen) atoms. The van der Waals surface area contributed by atoms with Gasteiger partial charge in [0.2, 0.25) is 29.7 Å². The maximum atomic E-state index is 13.8. The van der Waals surface area contributed by atoms with Crippen molar-refractivity contribution in [2.45, 2.75) is 134 Å². The van der Waals surface area contributed by atoms with Gasteiger partial charge in [-0.1, -0.05) is 31.2 Å². The number of allylic oxidation sites excluding steroid dienone is 4. The molecule has 0 aliphatic carbocycles. The summed E-state index contributed by atoms with van der Waals surface area (Å²) in [5.41, 5.74) is 32.2. The van der Waals surface area contributed by atoms with Crippen LogP contribution in [0.15, 0.2) is 117 Å². The number of nitrogens with zero attached hydrogens (tertiary/aromatic N) is 15. The van der Waals surface area contributed by atoms with Crippen LogP contribution in [0.5, 0.6) is 5.75 Å². The van der Waals surface area contributed by atoms with Crippen LogP contribution in [0.3, 0.4) is 0 Å². The molecule has 11 heterocycles. The number of hydrogen-bond acceptors (Lipinski definition) is 20. The van der Waals surface area contributed by atoms with Crippen molar-refractivity contribution in [3.05, 3.63) is 188 Å². The van der Waals surface area contributed by atoms with Crippen LogP contribution in [0.2, 0.25) is 0 Å². The van der Waals surface area contributed by atoms with Gasteiger partial charge in [-0.2, -0.15) is 15.3 Å². The molecule has 0 saturated carbocycles. The minimum atomic E-state index is -0.742. The first-order valence-corrected chi connectivity index (χ1v) is 38.3. The van der Waals surface area contributed by atoms with Gasteiger partial charge >= 0.3 is 0 Å². The lowest BCUT2D eigenvalue weighted by Crippen LogP contribution is -2.20. The molecule has 13 N–H and O–H groups in total. The van der Waals surface area contributed by atoms with E-state index in [9.17, 15) is 47.9 Å². The van der Waals surface area contributed by atoms with E-state index in [4.69, 9.17) is 55.9 Å². The Balaban J connectivity index is 0.000000195. The molecular weight excluding hydrogens is 1530 g/mol. The van der Waals surface area contributed by atoms with E-state index in [0.29, 0.717) is 143 Å². The highest BCUT2D eigenvalue weighted by Crippen LogP contribution is 2.39. The number of furan rings is 3. The number of hydrogen-bond donors (Lipinski definition) is 9. The predicted octanol–water partition coefficient (Wildman–Crippen LogP) is 10.7. The van der Waals surface area contributed by atoms with E-state index in [0.717, 1.165) is 12.0 Å². The van der Waals surface area contributed by atoms with Gasteiger partial charge in [0, 0.05) is 86.8 Å². The molecule has 37 heteroatoms. The SMILES string of the molecule is CCCn1nc(C)cc1C(=O)Nc1nc2cc(C(N)=O)c3oc(C)cc3c2n1C/C=C/Cn1c(NC(=O)c2cc(C)nn2CCF)nc2cc(C(N)=O)cc(OCCCO)c21.CCn1cc(C)cc1C(=O)Nc1nc2cc(C(N)=O)c3oc(C)cc3c2n1C/C=C/Cn1c(NC(=O)c2cc(C)nn2CC)nc2cc(C(N)=O)c3oc(C)cc3c21. The van der Waals surface area contributed by atoms with E-state index in [-0.39, 0.29) is 120 Å². The van der Waals surface area contributed by atoms with Crippen LogP contribution in [0, 0.1) is 48.5 Å². The molecule has 0 fully saturated rings. The van der Waals surface area contributed by atoms with E-state index < -0.39 is 48.0 Å². The highest BCUT2D eigenvalue weighted by atomic mass is 19.1. The van der Waals surface area contributed by atoms with Crippen LogP contribution in [-0.2, 0) is 52.4 Å². The lowest BCUT2D eigenvalue weighted by atomic mass is 10.1. The summed E-state index contributed by atoms with van der Waals surface area (Å²) in [6, 6.07) is 19.7. The largest absolute Gasteiger partial charge is 0.491 e. The Kier molecular flexibility index (Phi) is 22.6. The molecule has 0 atom stereocenters. The molecule has 36 nitrogen and oxygen atoms in total. The van der Waals surface area contributed by atoms with Gasteiger partial charge in [-0.15, -0.1) is 0 Å². The van der Waals surface area contributed by atoms with Crippen molar-refractivity contribution in [3.8, 4) is 5.75 Å². The van der Waals surface area contributed by atoms with E-state index in [1.54, 1.807) is 102 Å². The fourth-order valence-electron chi connectivity index (χ4n) is 14.8. The van der Waals surface area contributed by atoms with Crippen molar-refractivity contribution in [2.75, 3.05) is 41.2 Å². The zero-order chi connectivity index (χ0) is 84.7. The number of primary amides is 4. The van der Waals surface area contributed by atoms with Crippen LogP contribution >= 0.6 is 0 Å². The summed E-state index contributed by atoms with van der Waals surface area (Å²) in [6.45, 7) is 19.6. The number of rotatable bonds is 30. The molecule has 0 unspecified atom stereocenters. The van der Waals surface area contributed by atoms with Gasteiger partial charge in [-0.25, -0.2) is 24.3 Å². The Bertz CT molecular complexity index is 6490. The second-order valence-electron chi connectivity index (χ2n) is 28.5. The number of alkyl halides is 1. The second kappa shape index (κ2) is 33.2. The summed E-state index contributed by atoms with van der Waals surface area (Å²) in [5.74, 6) is -2.03. The fraction of sp³-hybridized carbons (Fsp3) is 0.280. The number of nitrogens with one attached hydrogen (secondary N) is 4. The summed E-state index contributed by atoms with van der Waals surface area (Å²) in [7, 11) is 0. The third kappa shape index (κ3) is 15.9. The Morgan fingerprint density at radius 2 is 0.824 bits per heavy atom. The normalized spacial score (nSPS) is 11.8. The fourth-order valence-corrected chi connectivity index (χ4v) is 14.8. The average molecular weight is 1620 g/mol. The number of aryl methyl sites for hydroxylation is 11. The smallest absolute Gasteiger partial charge is 0.276 e. The van der Waals surface area contributed by atoms with E-state index in [2.05, 4.69) is 41.5 Å². The van der Waals surface area contributed by atoms with Crippen LogP contribution < -0.4 is 48.9 Å². The quantitative estimate of drug-likeness (QED) is 0.0149. The van der Waals surface area contributed by atoms with Gasteiger partial charge in [0.1, 0.15) is 74.7 Å². The number of ether oxygens (including phenoxy) is 1. The molecule has 0 bridgehead atoms. The lowest BCUT2D eigenvalue weighted by molar-refractivity contribution is 0.0992. The number of fused-ring (bicyclic) bond motifs is 10. The topological polar surface area (TPSA) is 487 Å². The Hall–Kier alpha value is -14.8. The molecule has 15 aromatic rings. The van der Waals surface area contributed by atoms with Crippen molar-refractivity contribution < 1.29 is 65.8 Å². The third-order valence-corrected chi connectivity index (χ3v) is 19.8. The van der Waals surface area contributed by atoms with Gasteiger partial charge in [0.15, 0.2) is 0 Å².